The van der Waals surface area contributed by atoms with Crippen molar-refractivity contribution in [3.8, 4) is 11.3 Å². The molecule has 1 aromatic heterocycles. The zero-order chi connectivity index (χ0) is 21.6. The average molecular weight is 409 g/mol. The number of hydrogen-bond acceptors (Lipinski definition) is 3. The molecule has 0 spiro atoms. The summed E-state index contributed by atoms with van der Waals surface area (Å²) in [5.74, 6) is -0.260. The number of nitrogens with zero attached hydrogens (tertiary/aromatic N) is 2. The first-order chi connectivity index (χ1) is 15.1. The highest BCUT2D eigenvalue weighted by atomic mass is 16.2. The minimum absolute atomic E-state index is 0.101. The van der Waals surface area contributed by atoms with E-state index in [1.165, 1.54) is 17.0 Å². The highest BCUT2D eigenvalue weighted by molar-refractivity contribution is 5.77. The van der Waals surface area contributed by atoms with Crippen molar-refractivity contribution in [2.75, 3.05) is 0 Å². The minimum Gasteiger partial charge on any atom is -0.344 e. The van der Waals surface area contributed by atoms with Crippen LogP contribution in [0.4, 0.5) is 0 Å². The van der Waals surface area contributed by atoms with Crippen molar-refractivity contribution in [1.82, 2.24) is 14.9 Å². The van der Waals surface area contributed by atoms with Crippen molar-refractivity contribution in [2.24, 2.45) is 0 Å². The molecule has 154 valence electrons. The molecule has 4 rings (SSSR count). The van der Waals surface area contributed by atoms with E-state index in [0.717, 1.165) is 22.3 Å². The van der Waals surface area contributed by atoms with Gasteiger partial charge in [0.25, 0.3) is 5.56 Å². The van der Waals surface area contributed by atoms with E-state index in [1.54, 1.807) is 0 Å². The lowest BCUT2D eigenvalue weighted by atomic mass is 9.99. The SMILES string of the molecule is Cc1ccc(-c2cc(=O)n(CC(=O)NC(c3ccccc3)c3ccccc3)cn2)cc1. The number of carbonyl (C=O) groups is 1. The van der Waals surface area contributed by atoms with Crippen LogP contribution in [0.25, 0.3) is 11.3 Å². The average Bonchev–Trinajstić information content (AvgIpc) is 2.80. The molecule has 0 aliphatic rings. The van der Waals surface area contributed by atoms with Gasteiger partial charge in [0.1, 0.15) is 6.54 Å². The van der Waals surface area contributed by atoms with Crippen molar-refractivity contribution in [2.45, 2.75) is 19.5 Å². The molecule has 1 N–H and O–H groups in total. The van der Waals surface area contributed by atoms with Crippen LogP contribution in [0, 0.1) is 6.92 Å². The van der Waals surface area contributed by atoms with E-state index < -0.39 is 0 Å². The molecule has 5 heteroatoms. The third-order valence-electron chi connectivity index (χ3n) is 5.11. The van der Waals surface area contributed by atoms with Gasteiger partial charge in [-0.3, -0.25) is 14.2 Å². The Morgan fingerprint density at radius 2 is 1.48 bits per heavy atom. The fourth-order valence-electron chi connectivity index (χ4n) is 3.44. The topological polar surface area (TPSA) is 64.0 Å². The Labute approximate surface area is 181 Å². The number of carbonyl (C=O) groups excluding carboxylic acids is 1. The molecule has 0 fully saturated rings. The van der Waals surface area contributed by atoms with Crippen molar-refractivity contribution >= 4 is 5.91 Å². The van der Waals surface area contributed by atoms with Crippen LogP contribution in [-0.2, 0) is 11.3 Å². The predicted octanol–water partition coefficient (Wildman–Crippen LogP) is 4.12. The van der Waals surface area contributed by atoms with Gasteiger partial charge < -0.3 is 5.32 Å². The largest absolute Gasteiger partial charge is 0.344 e. The lowest BCUT2D eigenvalue weighted by molar-refractivity contribution is -0.122. The van der Waals surface area contributed by atoms with Gasteiger partial charge in [-0.15, -0.1) is 0 Å². The second-order valence-electron chi connectivity index (χ2n) is 7.43. The number of benzene rings is 3. The summed E-state index contributed by atoms with van der Waals surface area (Å²) in [6.45, 7) is 1.90. The van der Waals surface area contributed by atoms with Crippen LogP contribution in [0.15, 0.2) is 102 Å². The molecule has 4 aromatic rings. The highest BCUT2D eigenvalue weighted by Gasteiger charge is 2.17. The summed E-state index contributed by atoms with van der Waals surface area (Å²) in [6.07, 6.45) is 1.43. The van der Waals surface area contributed by atoms with E-state index >= 15 is 0 Å². The second-order valence-corrected chi connectivity index (χ2v) is 7.43. The van der Waals surface area contributed by atoms with Crippen LogP contribution in [-0.4, -0.2) is 15.5 Å². The first-order valence-corrected chi connectivity index (χ1v) is 10.1. The van der Waals surface area contributed by atoms with Crippen molar-refractivity contribution in [3.63, 3.8) is 0 Å². The van der Waals surface area contributed by atoms with Gasteiger partial charge in [0, 0.05) is 11.6 Å². The number of aromatic nitrogens is 2. The van der Waals surface area contributed by atoms with Crippen molar-refractivity contribution in [3.05, 3.63) is 124 Å². The Bertz CT molecular complexity index is 1180. The van der Waals surface area contributed by atoms with Gasteiger partial charge >= 0.3 is 0 Å². The van der Waals surface area contributed by atoms with Crippen LogP contribution >= 0.6 is 0 Å². The number of amides is 1. The lowest BCUT2D eigenvalue weighted by Crippen LogP contribution is -2.35. The molecule has 0 radical (unpaired) electrons. The van der Waals surface area contributed by atoms with Crippen LogP contribution in [0.2, 0.25) is 0 Å². The third-order valence-corrected chi connectivity index (χ3v) is 5.11. The maximum Gasteiger partial charge on any atom is 0.254 e. The molecule has 0 saturated carbocycles. The lowest BCUT2D eigenvalue weighted by Gasteiger charge is -2.20. The van der Waals surface area contributed by atoms with E-state index in [0.29, 0.717) is 5.69 Å². The van der Waals surface area contributed by atoms with E-state index in [9.17, 15) is 9.59 Å². The summed E-state index contributed by atoms with van der Waals surface area (Å²) in [4.78, 5) is 29.8. The van der Waals surface area contributed by atoms with Gasteiger partial charge in [0.05, 0.1) is 18.1 Å². The van der Waals surface area contributed by atoms with Gasteiger partial charge in [0.2, 0.25) is 5.91 Å². The Kier molecular flexibility index (Phi) is 6.03. The standard InChI is InChI=1S/C26H23N3O2/c1-19-12-14-20(15-13-19)23-16-25(31)29(18-27-23)17-24(30)28-26(21-8-4-2-5-9-21)22-10-6-3-7-11-22/h2-16,18,26H,17H2,1H3,(H,28,30). The van der Waals surface area contributed by atoms with Gasteiger partial charge in [-0.2, -0.15) is 0 Å². The number of aryl methyl sites for hydroxylation is 1. The summed E-state index contributed by atoms with van der Waals surface area (Å²) >= 11 is 0. The van der Waals surface area contributed by atoms with Crippen molar-refractivity contribution in [1.29, 1.82) is 0 Å². The van der Waals surface area contributed by atoms with E-state index in [1.807, 2.05) is 91.9 Å². The molecular formula is C26H23N3O2. The summed E-state index contributed by atoms with van der Waals surface area (Å²) in [7, 11) is 0. The van der Waals surface area contributed by atoms with Crippen LogP contribution in [0.3, 0.4) is 0 Å². The summed E-state index contributed by atoms with van der Waals surface area (Å²) in [5.41, 5.74) is 4.28. The fourth-order valence-corrected chi connectivity index (χ4v) is 3.44. The third kappa shape index (κ3) is 4.95. The number of nitrogens with one attached hydrogen (secondary N) is 1. The molecule has 5 nitrogen and oxygen atoms in total. The van der Waals surface area contributed by atoms with E-state index in [-0.39, 0.29) is 24.1 Å². The zero-order valence-electron chi connectivity index (χ0n) is 17.2. The minimum atomic E-state index is -0.301. The Balaban J connectivity index is 1.53. The number of hydrogen-bond donors (Lipinski definition) is 1. The fraction of sp³-hybridized carbons (Fsp3) is 0.115. The highest BCUT2D eigenvalue weighted by Crippen LogP contribution is 2.21. The van der Waals surface area contributed by atoms with Gasteiger partial charge in [0.15, 0.2) is 0 Å². The second kappa shape index (κ2) is 9.22. The van der Waals surface area contributed by atoms with Crippen LogP contribution in [0.5, 0.6) is 0 Å². The molecule has 31 heavy (non-hydrogen) atoms. The maximum absolute atomic E-state index is 12.8. The monoisotopic (exact) mass is 409 g/mol. The predicted molar refractivity (Wildman–Crippen MR) is 122 cm³/mol. The van der Waals surface area contributed by atoms with Crippen LogP contribution < -0.4 is 10.9 Å². The van der Waals surface area contributed by atoms with Gasteiger partial charge in [-0.1, -0.05) is 90.5 Å². The summed E-state index contributed by atoms with van der Waals surface area (Å²) < 4.78 is 1.32. The Morgan fingerprint density at radius 3 is 2.03 bits per heavy atom. The molecular weight excluding hydrogens is 386 g/mol. The van der Waals surface area contributed by atoms with Gasteiger partial charge in [-0.25, -0.2) is 4.98 Å². The quantitative estimate of drug-likeness (QED) is 0.521. The Hall–Kier alpha value is -3.99. The zero-order valence-corrected chi connectivity index (χ0v) is 17.2. The molecule has 0 atom stereocenters. The smallest absolute Gasteiger partial charge is 0.254 e. The molecule has 1 amide bonds. The molecule has 0 aliphatic heterocycles. The molecule has 0 saturated heterocycles. The van der Waals surface area contributed by atoms with E-state index in [4.69, 9.17) is 0 Å². The molecule has 3 aromatic carbocycles. The number of rotatable bonds is 6. The molecule has 1 heterocycles. The maximum atomic E-state index is 12.8. The summed E-state index contributed by atoms with van der Waals surface area (Å²) in [6, 6.07) is 28.5. The van der Waals surface area contributed by atoms with Gasteiger partial charge in [-0.05, 0) is 18.1 Å². The van der Waals surface area contributed by atoms with E-state index in [2.05, 4.69) is 10.3 Å². The molecule has 0 unspecified atom stereocenters. The first-order valence-electron chi connectivity index (χ1n) is 10.1. The molecule has 0 aliphatic carbocycles. The molecule has 0 bridgehead atoms. The first kappa shape index (κ1) is 20.3. The van der Waals surface area contributed by atoms with Crippen LogP contribution in [0.1, 0.15) is 22.7 Å². The van der Waals surface area contributed by atoms with Crippen molar-refractivity contribution < 1.29 is 4.79 Å². The summed E-state index contributed by atoms with van der Waals surface area (Å²) in [5, 5.41) is 3.05. The normalized spacial score (nSPS) is 10.8. The Morgan fingerprint density at radius 1 is 0.903 bits per heavy atom.